The van der Waals surface area contributed by atoms with Gasteiger partial charge in [-0.3, -0.25) is 4.79 Å². The molecular formula is C21H25ClN2O5S. The minimum atomic E-state index is -3.73. The third-order valence-electron chi connectivity index (χ3n) is 4.52. The van der Waals surface area contributed by atoms with E-state index in [2.05, 4.69) is 5.32 Å². The van der Waals surface area contributed by atoms with Gasteiger partial charge in [-0.1, -0.05) is 37.6 Å². The molecule has 2 aromatic rings. The molecule has 0 saturated carbocycles. The van der Waals surface area contributed by atoms with Gasteiger partial charge in [0.25, 0.3) is 5.91 Å². The number of ether oxygens (including phenoxy) is 1. The Morgan fingerprint density at radius 1 is 1.13 bits per heavy atom. The van der Waals surface area contributed by atoms with Crippen LogP contribution in [0.1, 0.15) is 36.7 Å². The fraction of sp³-hybridized carbons (Fsp3) is 0.333. The Balaban J connectivity index is 2.19. The van der Waals surface area contributed by atoms with Gasteiger partial charge >= 0.3 is 5.97 Å². The summed E-state index contributed by atoms with van der Waals surface area (Å²) in [7, 11) is -3.73. The lowest BCUT2D eigenvalue weighted by molar-refractivity contribution is -0.123. The molecule has 0 bridgehead atoms. The van der Waals surface area contributed by atoms with E-state index in [1.807, 2.05) is 0 Å². The molecule has 0 aliphatic heterocycles. The normalized spacial score (nSPS) is 12.5. The zero-order valence-corrected chi connectivity index (χ0v) is 18.9. The average Bonchev–Trinajstić information content (AvgIpc) is 2.68. The molecule has 162 valence electrons. The van der Waals surface area contributed by atoms with Gasteiger partial charge in [-0.25, -0.2) is 13.2 Å². The zero-order valence-electron chi connectivity index (χ0n) is 17.3. The van der Waals surface area contributed by atoms with Crippen LogP contribution < -0.4 is 5.32 Å². The standard InChI is InChI=1S/C21H25ClN2O5S/c1-5-24(6-2)30(27,28)18-11-10-14(3)19(13-18)21(26)29-15(4)20(25)23-17-9-7-8-16(22)12-17/h7-13,15H,5-6H2,1-4H3,(H,23,25). The highest BCUT2D eigenvalue weighted by Crippen LogP contribution is 2.21. The first-order valence-corrected chi connectivity index (χ1v) is 11.3. The number of anilines is 1. The molecule has 1 amide bonds. The Kier molecular flexibility index (Phi) is 8.00. The molecule has 0 fully saturated rings. The van der Waals surface area contributed by atoms with Crippen molar-refractivity contribution in [3.63, 3.8) is 0 Å². The fourth-order valence-electron chi connectivity index (χ4n) is 2.78. The third kappa shape index (κ3) is 5.59. The van der Waals surface area contributed by atoms with Crippen molar-refractivity contribution in [1.29, 1.82) is 0 Å². The summed E-state index contributed by atoms with van der Waals surface area (Å²) in [5.74, 6) is -1.31. The number of carbonyl (C=O) groups is 2. The predicted molar refractivity (Wildman–Crippen MR) is 116 cm³/mol. The summed E-state index contributed by atoms with van der Waals surface area (Å²) in [6.07, 6.45) is -1.10. The number of nitrogens with one attached hydrogen (secondary N) is 1. The van der Waals surface area contributed by atoms with E-state index in [4.69, 9.17) is 16.3 Å². The molecule has 0 aromatic heterocycles. The van der Waals surface area contributed by atoms with Gasteiger partial charge in [-0.2, -0.15) is 4.31 Å². The Morgan fingerprint density at radius 2 is 1.80 bits per heavy atom. The lowest BCUT2D eigenvalue weighted by Gasteiger charge is -2.19. The summed E-state index contributed by atoms with van der Waals surface area (Å²) in [6, 6.07) is 10.9. The summed E-state index contributed by atoms with van der Waals surface area (Å²) in [4.78, 5) is 25.0. The van der Waals surface area contributed by atoms with E-state index in [9.17, 15) is 18.0 Å². The number of halogens is 1. The molecule has 9 heteroatoms. The van der Waals surface area contributed by atoms with Crippen LogP contribution in [0.5, 0.6) is 0 Å². The SMILES string of the molecule is CCN(CC)S(=O)(=O)c1ccc(C)c(C(=O)OC(C)C(=O)Nc2cccc(Cl)c2)c1. The molecule has 0 spiro atoms. The van der Waals surface area contributed by atoms with E-state index in [0.29, 0.717) is 29.4 Å². The van der Waals surface area contributed by atoms with Gasteiger partial charge in [-0.15, -0.1) is 0 Å². The van der Waals surface area contributed by atoms with Gasteiger partial charge in [0.1, 0.15) is 0 Å². The Labute approximate surface area is 182 Å². The molecule has 7 nitrogen and oxygen atoms in total. The summed E-state index contributed by atoms with van der Waals surface area (Å²) in [5.41, 5.74) is 1.10. The van der Waals surface area contributed by atoms with Crippen LogP contribution in [0.15, 0.2) is 47.4 Å². The molecule has 1 unspecified atom stereocenters. The second-order valence-electron chi connectivity index (χ2n) is 6.61. The fourth-order valence-corrected chi connectivity index (χ4v) is 4.46. The zero-order chi connectivity index (χ0) is 22.5. The van der Waals surface area contributed by atoms with Gasteiger partial charge in [0.2, 0.25) is 10.0 Å². The van der Waals surface area contributed by atoms with Crippen LogP contribution in [0.25, 0.3) is 0 Å². The van der Waals surface area contributed by atoms with Crippen molar-refractivity contribution >= 4 is 39.2 Å². The monoisotopic (exact) mass is 452 g/mol. The molecule has 1 N–H and O–H groups in total. The van der Waals surface area contributed by atoms with Gasteiger partial charge in [0.15, 0.2) is 6.10 Å². The number of sulfonamides is 1. The molecule has 2 rings (SSSR count). The van der Waals surface area contributed by atoms with Crippen LogP contribution in [0, 0.1) is 6.92 Å². The van der Waals surface area contributed by atoms with Crippen molar-refractivity contribution in [1.82, 2.24) is 4.31 Å². The number of esters is 1. The molecule has 0 heterocycles. The lowest BCUT2D eigenvalue weighted by atomic mass is 10.1. The van der Waals surface area contributed by atoms with Gasteiger partial charge in [0.05, 0.1) is 10.5 Å². The predicted octanol–water partition coefficient (Wildman–Crippen LogP) is 3.86. The molecule has 0 radical (unpaired) electrons. The topological polar surface area (TPSA) is 92.8 Å². The van der Waals surface area contributed by atoms with Crippen molar-refractivity contribution in [2.24, 2.45) is 0 Å². The maximum absolute atomic E-state index is 12.7. The minimum Gasteiger partial charge on any atom is -0.449 e. The Morgan fingerprint density at radius 3 is 2.40 bits per heavy atom. The van der Waals surface area contributed by atoms with Crippen LogP contribution in [-0.2, 0) is 19.6 Å². The number of carbonyl (C=O) groups excluding carboxylic acids is 2. The number of hydrogen-bond acceptors (Lipinski definition) is 5. The number of amides is 1. The van der Waals surface area contributed by atoms with Crippen molar-refractivity contribution < 1.29 is 22.7 Å². The lowest BCUT2D eigenvalue weighted by Crippen LogP contribution is -2.31. The number of benzene rings is 2. The highest BCUT2D eigenvalue weighted by atomic mass is 35.5. The first-order chi connectivity index (χ1) is 14.1. The number of nitrogens with zero attached hydrogens (tertiary/aromatic N) is 1. The van der Waals surface area contributed by atoms with E-state index in [1.54, 1.807) is 51.1 Å². The van der Waals surface area contributed by atoms with Gasteiger partial charge in [-0.05, 0) is 49.7 Å². The quantitative estimate of drug-likeness (QED) is 0.614. The largest absolute Gasteiger partial charge is 0.449 e. The molecule has 30 heavy (non-hydrogen) atoms. The highest BCUT2D eigenvalue weighted by Gasteiger charge is 2.25. The summed E-state index contributed by atoms with van der Waals surface area (Å²) in [6.45, 7) is 7.21. The number of hydrogen-bond donors (Lipinski definition) is 1. The van der Waals surface area contributed by atoms with E-state index >= 15 is 0 Å². The second kappa shape index (κ2) is 10.1. The van der Waals surface area contributed by atoms with Crippen molar-refractivity contribution in [2.45, 2.75) is 38.7 Å². The van der Waals surface area contributed by atoms with Crippen molar-refractivity contribution in [3.8, 4) is 0 Å². The first kappa shape index (κ1) is 23.9. The van der Waals surface area contributed by atoms with Gasteiger partial charge in [0, 0.05) is 23.8 Å². The summed E-state index contributed by atoms with van der Waals surface area (Å²) in [5, 5.41) is 3.07. The van der Waals surface area contributed by atoms with Crippen LogP contribution in [0.4, 0.5) is 5.69 Å². The second-order valence-corrected chi connectivity index (χ2v) is 8.99. The van der Waals surface area contributed by atoms with E-state index in [1.165, 1.54) is 23.4 Å². The minimum absolute atomic E-state index is 0.000202. The molecule has 2 aromatic carbocycles. The molecule has 1 atom stereocenters. The Hall–Kier alpha value is -2.42. The van der Waals surface area contributed by atoms with Gasteiger partial charge < -0.3 is 10.1 Å². The average molecular weight is 453 g/mol. The maximum Gasteiger partial charge on any atom is 0.339 e. The van der Waals surface area contributed by atoms with E-state index in [-0.39, 0.29) is 10.5 Å². The van der Waals surface area contributed by atoms with E-state index in [0.717, 1.165) is 0 Å². The molecular weight excluding hydrogens is 428 g/mol. The van der Waals surface area contributed by atoms with Crippen LogP contribution >= 0.6 is 11.6 Å². The summed E-state index contributed by atoms with van der Waals surface area (Å²) < 4.78 is 32.1. The highest BCUT2D eigenvalue weighted by molar-refractivity contribution is 7.89. The maximum atomic E-state index is 12.7. The van der Waals surface area contributed by atoms with E-state index < -0.39 is 28.0 Å². The van der Waals surface area contributed by atoms with Crippen molar-refractivity contribution in [2.75, 3.05) is 18.4 Å². The van der Waals surface area contributed by atoms with Crippen LogP contribution in [-0.4, -0.2) is 43.8 Å². The molecule has 0 saturated heterocycles. The Bertz CT molecular complexity index is 1040. The van der Waals surface area contributed by atoms with Crippen LogP contribution in [0.3, 0.4) is 0 Å². The molecule has 0 aliphatic carbocycles. The van der Waals surface area contributed by atoms with Crippen LogP contribution in [0.2, 0.25) is 5.02 Å². The number of rotatable bonds is 8. The summed E-state index contributed by atoms with van der Waals surface area (Å²) >= 11 is 5.90. The molecule has 0 aliphatic rings. The number of aryl methyl sites for hydroxylation is 1. The smallest absolute Gasteiger partial charge is 0.339 e. The third-order valence-corrected chi connectivity index (χ3v) is 6.80. The van der Waals surface area contributed by atoms with Crippen molar-refractivity contribution in [3.05, 3.63) is 58.6 Å². The first-order valence-electron chi connectivity index (χ1n) is 9.48.